The number of rotatable bonds is 1. The van der Waals surface area contributed by atoms with Gasteiger partial charge in [-0.05, 0) is 23.8 Å². The second-order valence-electron chi connectivity index (χ2n) is 4.43. The number of hydrogen-bond acceptors (Lipinski definition) is 2. The van der Waals surface area contributed by atoms with Crippen molar-refractivity contribution >= 4 is 16.8 Å². The molecule has 90 valence electrons. The Labute approximate surface area is 110 Å². The lowest BCUT2D eigenvalue weighted by molar-refractivity contribution is 1.14. The summed E-state index contributed by atoms with van der Waals surface area (Å²) in [6, 6.07) is 20.4. The monoisotopic (exact) mass is 245 g/mol. The van der Waals surface area contributed by atoms with Crippen LogP contribution in [0.5, 0.6) is 0 Å². The average Bonchev–Trinajstić information content (AvgIpc) is 2.86. The molecule has 2 aromatic carbocycles. The van der Waals surface area contributed by atoms with Crippen molar-refractivity contribution in [3.63, 3.8) is 0 Å². The molecule has 0 aliphatic heterocycles. The zero-order valence-electron chi connectivity index (χ0n) is 10.2. The van der Waals surface area contributed by atoms with Gasteiger partial charge < -0.3 is 0 Å². The summed E-state index contributed by atoms with van der Waals surface area (Å²) in [5.41, 5.74) is 4.33. The first kappa shape index (κ1) is 10.3. The van der Waals surface area contributed by atoms with Crippen molar-refractivity contribution in [1.29, 1.82) is 0 Å². The number of nitrogens with zero attached hydrogens (tertiary/aromatic N) is 3. The standard InChI is InChI=1S/C16H11N3/c1-2-6-12(7-3-1)14-10-11-17-16-18-13-8-4-5-9-15(13)19(14)16/h1-11H. The Morgan fingerprint density at radius 1 is 0.789 bits per heavy atom. The highest BCUT2D eigenvalue weighted by molar-refractivity contribution is 5.82. The van der Waals surface area contributed by atoms with Gasteiger partial charge in [0.15, 0.2) is 0 Å². The molecule has 0 bridgehead atoms. The fraction of sp³-hybridized carbons (Fsp3) is 0. The predicted molar refractivity (Wildman–Crippen MR) is 75.9 cm³/mol. The van der Waals surface area contributed by atoms with Crippen molar-refractivity contribution in [2.45, 2.75) is 0 Å². The van der Waals surface area contributed by atoms with E-state index in [0.717, 1.165) is 28.1 Å². The first-order chi connectivity index (χ1) is 9.43. The van der Waals surface area contributed by atoms with E-state index >= 15 is 0 Å². The van der Waals surface area contributed by atoms with Gasteiger partial charge in [0, 0.05) is 6.20 Å². The molecule has 0 amide bonds. The molecule has 0 N–H and O–H groups in total. The van der Waals surface area contributed by atoms with Crippen molar-refractivity contribution in [3.05, 3.63) is 66.9 Å². The van der Waals surface area contributed by atoms with E-state index in [1.807, 2.05) is 48.7 Å². The maximum Gasteiger partial charge on any atom is 0.235 e. The second-order valence-corrected chi connectivity index (χ2v) is 4.43. The molecular weight excluding hydrogens is 234 g/mol. The molecule has 2 aromatic heterocycles. The largest absolute Gasteiger partial charge is 0.276 e. The number of imidazole rings is 1. The highest BCUT2D eigenvalue weighted by Gasteiger charge is 2.09. The number of para-hydroxylation sites is 2. The fourth-order valence-electron chi connectivity index (χ4n) is 2.42. The minimum Gasteiger partial charge on any atom is -0.276 e. The van der Waals surface area contributed by atoms with Crippen LogP contribution in [-0.4, -0.2) is 14.4 Å². The first-order valence-electron chi connectivity index (χ1n) is 6.21. The third-order valence-electron chi connectivity index (χ3n) is 3.28. The SMILES string of the molecule is c1ccc(-c2ccnc3nc4ccccc4n23)cc1. The summed E-state index contributed by atoms with van der Waals surface area (Å²) in [4.78, 5) is 8.91. The van der Waals surface area contributed by atoms with E-state index < -0.39 is 0 Å². The highest BCUT2D eigenvalue weighted by atomic mass is 15.1. The Morgan fingerprint density at radius 2 is 1.58 bits per heavy atom. The van der Waals surface area contributed by atoms with Crippen LogP contribution in [0.1, 0.15) is 0 Å². The number of benzene rings is 2. The van der Waals surface area contributed by atoms with Crippen LogP contribution in [0.2, 0.25) is 0 Å². The van der Waals surface area contributed by atoms with Gasteiger partial charge >= 0.3 is 0 Å². The Morgan fingerprint density at radius 3 is 2.47 bits per heavy atom. The smallest absolute Gasteiger partial charge is 0.235 e. The molecule has 2 heterocycles. The van der Waals surface area contributed by atoms with Gasteiger partial charge in [-0.1, -0.05) is 42.5 Å². The molecule has 3 heteroatoms. The van der Waals surface area contributed by atoms with Gasteiger partial charge in [-0.2, -0.15) is 0 Å². The van der Waals surface area contributed by atoms with Gasteiger partial charge in [0.25, 0.3) is 0 Å². The molecule has 0 aliphatic rings. The van der Waals surface area contributed by atoms with Gasteiger partial charge in [-0.3, -0.25) is 4.40 Å². The van der Waals surface area contributed by atoms with Crippen LogP contribution < -0.4 is 0 Å². The van der Waals surface area contributed by atoms with Crippen LogP contribution in [0.25, 0.3) is 28.1 Å². The minimum atomic E-state index is 0.738. The lowest BCUT2D eigenvalue weighted by Gasteiger charge is -2.05. The predicted octanol–water partition coefficient (Wildman–Crippen LogP) is 3.55. The van der Waals surface area contributed by atoms with E-state index in [1.54, 1.807) is 0 Å². The molecule has 4 rings (SSSR count). The summed E-state index contributed by atoms with van der Waals surface area (Å²) in [6.07, 6.45) is 1.81. The summed E-state index contributed by atoms with van der Waals surface area (Å²) in [7, 11) is 0. The van der Waals surface area contributed by atoms with Crippen molar-refractivity contribution in [1.82, 2.24) is 14.4 Å². The Balaban J connectivity index is 2.17. The zero-order chi connectivity index (χ0) is 12.7. The molecule has 19 heavy (non-hydrogen) atoms. The van der Waals surface area contributed by atoms with Gasteiger partial charge in [-0.25, -0.2) is 9.97 Å². The van der Waals surface area contributed by atoms with E-state index in [2.05, 4.69) is 32.6 Å². The summed E-state index contributed by atoms with van der Waals surface area (Å²) in [5, 5.41) is 0. The average molecular weight is 245 g/mol. The van der Waals surface area contributed by atoms with Gasteiger partial charge in [-0.15, -0.1) is 0 Å². The van der Waals surface area contributed by atoms with Gasteiger partial charge in [0.2, 0.25) is 5.78 Å². The van der Waals surface area contributed by atoms with Crippen LogP contribution in [0.4, 0.5) is 0 Å². The van der Waals surface area contributed by atoms with Crippen LogP contribution in [-0.2, 0) is 0 Å². The topological polar surface area (TPSA) is 30.2 Å². The second kappa shape index (κ2) is 3.92. The Bertz CT molecular complexity index is 863. The Hall–Kier alpha value is -2.68. The van der Waals surface area contributed by atoms with E-state index in [1.165, 1.54) is 0 Å². The number of aromatic nitrogens is 3. The maximum atomic E-state index is 4.55. The van der Waals surface area contributed by atoms with Crippen molar-refractivity contribution in [2.75, 3.05) is 0 Å². The Kier molecular flexibility index (Phi) is 2.12. The molecule has 4 aromatic rings. The molecule has 0 saturated heterocycles. The summed E-state index contributed by atoms with van der Waals surface area (Å²) in [5.74, 6) is 0.738. The minimum absolute atomic E-state index is 0.738. The molecule has 0 aliphatic carbocycles. The third kappa shape index (κ3) is 1.52. The van der Waals surface area contributed by atoms with E-state index in [0.29, 0.717) is 0 Å². The van der Waals surface area contributed by atoms with E-state index in [-0.39, 0.29) is 0 Å². The van der Waals surface area contributed by atoms with Crippen molar-refractivity contribution < 1.29 is 0 Å². The quantitative estimate of drug-likeness (QED) is 0.513. The molecule has 0 atom stereocenters. The van der Waals surface area contributed by atoms with E-state index in [4.69, 9.17) is 0 Å². The lowest BCUT2D eigenvalue weighted by Crippen LogP contribution is -1.93. The highest BCUT2D eigenvalue weighted by Crippen LogP contribution is 2.24. The number of hydrogen-bond donors (Lipinski definition) is 0. The van der Waals surface area contributed by atoms with Crippen LogP contribution in [0.15, 0.2) is 66.9 Å². The molecule has 0 spiro atoms. The van der Waals surface area contributed by atoms with Crippen LogP contribution >= 0.6 is 0 Å². The third-order valence-corrected chi connectivity index (χ3v) is 3.28. The molecule has 3 nitrogen and oxygen atoms in total. The first-order valence-corrected chi connectivity index (χ1v) is 6.21. The summed E-state index contributed by atoms with van der Waals surface area (Å²) < 4.78 is 2.10. The maximum absolute atomic E-state index is 4.55. The summed E-state index contributed by atoms with van der Waals surface area (Å²) in [6.45, 7) is 0. The molecular formula is C16H11N3. The van der Waals surface area contributed by atoms with Crippen LogP contribution in [0.3, 0.4) is 0 Å². The zero-order valence-corrected chi connectivity index (χ0v) is 10.2. The fourth-order valence-corrected chi connectivity index (χ4v) is 2.42. The normalized spacial score (nSPS) is 11.2. The lowest BCUT2D eigenvalue weighted by atomic mass is 10.1. The van der Waals surface area contributed by atoms with E-state index in [9.17, 15) is 0 Å². The summed E-state index contributed by atoms with van der Waals surface area (Å²) >= 11 is 0. The number of fused-ring (bicyclic) bond motifs is 3. The molecule has 0 fully saturated rings. The molecule has 0 unspecified atom stereocenters. The molecule has 0 radical (unpaired) electrons. The van der Waals surface area contributed by atoms with Crippen molar-refractivity contribution in [3.8, 4) is 11.3 Å². The van der Waals surface area contributed by atoms with Crippen molar-refractivity contribution in [2.24, 2.45) is 0 Å². The van der Waals surface area contributed by atoms with Crippen LogP contribution in [0, 0.1) is 0 Å². The van der Waals surface area contributed by atoms with Gasteiger partial charge in [0.05, 0.1) is 16.7 Å². The van der Waals surface area contributed by atoms with Gasteiger partial charge in [0.1, 0.15) is 0 Å². The molecule has 0 saturated carbocycles.